The molecule has 0 bridgehead atoms. The first-order valence-corrected chi connectivity index (χ1v) is 8.97. The van der Waals surface area contributed by atoms with E-state index >= 15 is 0 Å². The summed E-state index contributed by atoms with van der Waals surface area (Å²) in [4.78, 5) is 25.7. The third kappa shape index (κ3) is 5.77. The lowest BCUT2D eigenvalue weighted by molar-refractivity contribution is -0.117. The quantitative estimate of drug-likeness (QED) is 0.525. The first kappa shape index (κ1) is 18.8. The zero-order valence-electron chi connectivity index (χ0n) is 13.9. The van der Waals surface area contributed by atoms with Gasteiger partial charge in [-0.3, -0.25) is 9.59 Å². The first-order chi connectivity index (χ1) is 12.1. The van der Waals surface area contributed by atoms with Crippen molar-refractivity contribution in [3.05, 3.63) is 71.4 Å². The van der Waals surface area contributed by atoms with Gasteiger partial charge in [0.15, 0.2) is 0 Å². The Balaban J connectivity index is 2.23. The Hall–Kier alpha value is -2.57. The third-order valence-electron chi connectivity index (χ3n) is 3.35. The maximum absolute atomic E-state index is 12.3. The van der Waals surface area contributed by atoms with E-state index in [2.05, 4.69) is 10.6 Å². The Labute approximate surface area is 151 Å². The van der Waals surface area contributed by atoms with Gasteiger partial charge in [-0.05, 0) is 42.2 Å². The van der Waals surface area contributed by atoms with Crippen LogP contribution in [-0.4, -0.2) is 36.3 Å². The highest BCUT2D eigenvalue weighted by Crippen LogP contribution is 2.16. The molecular weight excluding hydrogens is 336 g/mol. The van der Waals surface area contributed by atoms with E-state index in [4.69, 9.17) is 5.11 Å². The van der Waals surface area contributed by atoms with Gasteiger partial charge in [-0.1, -0.05) is 30.3 Å². The molecule has 2 aromatic rings. The Bertz CT molecular complexity index is 743. The molecule has 0 atom stereocenters. The van der Waals surface area contributed by atoms with Crippen LogP contribution in [0.15, 0.2) is 65.2 Å². The van der Waals surface area contributed by atoms with Gasteiger partial charge in [0.2, 0.25) is 0 Å². The molecule has 6 heteroatoms. The fraction of sp³-hybridized carbons (Fsp3) is 0.158. The van der Waals surface area contributed by atoms with E-state index in [1.165, 1.54) is 0 Å². The van der Waals surface area contributed by atoms with Crippen LogP contribution in [0, 0.1) is 0 Å². The predicted octanol–water partition coefficient (Wildman–Crippen LogP) is 2.29. The van der Waals surface area contributed by atoms with Crippen molar-refractivity contribution in [3.8, 4) is 0 Å². The molecule has 0 spiro atoms. The zero-order valence-corrected chi connectivity index (χ0v) is 14.7. The number of thioether (sulfide) groups is 1. The Morgan fingerprint density at radius 2 is 1.76 bits per heavy atom. The van der Waals surface area contributed by atoms with Gasteiger partial charge in [0.25, 0.3) is 11.8 Å². The van der Waals surface area contributed by atoms with Crippen molar-refractivity contribution in [1.82, 2.24) is 10.6 Å². The molecule has 2 amide bonds. The molecule has 2 aromatic carbocycles. The molecule has 0 aromatic heterocycles. The number of carbonyl (C=O) groups excluding carboxylic acids is 2. The molecule has 5 nitrogen and oxygen atoms in total. The van der Waals surface area contributed by atoms with Gasteiger partial charge < -0.3 is 15.7 Å². The van der Waals surface area contributed by atoms with E-state index in [0.29, 0.717) is 5.56 Å². The minimum atomic E-state index is -0.452. The monoisotopic (exact) mass is 356 g/mol. The van der Waals surface area contributed by atoms with Crippen molar-refractivity contribution < 1.29 is 14.7 Å². The third-order valence-corrected chi connectivity index (χ3v) is 4.10. The van der Waals surface area contributed by atoms with E-state index in [9.17, 15) is 9.59 Å². The maximum Gasteiger partial charge on any atom is 0.267 e. The lowest BCUT2D eigenvalue weighted by Gasteiger charge is -2.11. The molecule has 0 radical (unpaired) electrons. The van der Waals surface area contributed by atoms with Crippen LogP contribution in [0.4, 0.5) is 0 Å². The van der Waals surface area contributed by atoms with Gasteiger partial charge in [0.1, 0.15) is 5.70 Å². The lowest BCUT2D eigenvalue weighted by Crippen LogP contribution is -2.36. The Kier molecular flexibility index (Phi) is 7.25. The van der Waals surface area contributed by atoms with Crippen LogP contribution >= 0.6 is 11.8 Å². The molecular formula is C19H20N2O3S. The van der Waals surface area contributed by atoms with Crippen molar-refractivity contribution in [3.63, 3.8) is 0 Å². The fourth-order valence-electron chi connectivity index (χ4n) is 2.07. The van der Waals surface area contributed by atoms with Gasteiger partial charge in [-0.25, -0.2) is 0 Å². The molecule has 0 heterocycles. The SMILES string of the molecule is CSc1ccc(C=C(NC(=O)c2ccccc2)C(=O)NCCO)cc1. The molecule has 2 rings (SSSR count). The van der Waals surface area contributed by atoms with Gasteiger partial charge >= 0.3 is 0 Å². The number of amides is 2. The van der Waals surface area contributed by atoms with Gasteiger partial charge in [-0.2, -0.15) is 0 Å². The summed E-state index contributed by atoms with van der Waals surface area (Å²) < 4.78 is 0. The van der Waals surface area contributed by atoms with Crippen LogP contribution in [-0.2, 0) is 4.79 Å². The molecule has 0 aliphatic carbocycles. The zero-order chi connectivity index (χ0) is 18.1. The molecule has 0 saturated carbocycles. The minimum absolute atomic E-state index is 0.114. The Morgan fingerprint density at radius 1 is 1.08 bits per heavy atom. The van der Waals surface area contributed by atoms with Gasteiger partial charge in [-0.15, -0.1) is 11.8 Å². The number of carbonyl (C=O) groups is 2. The summed E-state index contributed by atoms with van der Waals surface area (Å²) >= 11 is 1.62. The largest absolute Gasteiger partial charge is 0.395 e. The highest BCUT2D eigenvalue weighted by atomic mass is 32.2. The Morgan fingerprint density at radius 3 is 2.36 bits per heavy atom. The average molecular weight is 356 g/mol. The second kappa shape index (κ2) is 9.66. The number of aliphatic hydroxyl groups excluding tert-OH is 1. The summed E-state index contributed by atoms with van der Waals surface area (Å²) in [5, 5.41) is 14.1. The minimum Gasteiger partial charge on any atom is -0.395 e. The lowest BCUT2D eigenvalue weighted by atomic mass is 10.1. The normalized spacial score (nSPS) is 11.0. The summed E-state index contributed by atoms with van der Waals surface area (Å²) in [6, 6.07) is 16.3. The number of hydrogen-bond donors (Lipinski definition) is 3. The van der Waals surface area contributed by atoms with Crippen LogP contribution in [0.1, 0.15) is 15.9 Å². The summed E-state index contributed by atoms with van der Waals surface area (Å²) in [7, 11) is 0. The molecule has 0 aliphatic heterocycles. The first-order valence-electron chi connectivity index (χ1n) is 7.75. The van der Waals surface area contributed by atoms with Crippen molar-refractivity contribution in [1.29, 1.82) is 0 Å². The van der Waals surface area contributed by atoms with Crippen LogP contribution in [0.3, 0.4) is 0 Å². The average Bonchev–Trinajstić information content (AvgIpc) is 2.66. The van der Waals surface area contributed by atoms with E-state index < -0.39 is 5.91 Å². The highest BCUT2D eigenvalue weighted by Gasteiger charge is 2.14. The second-order valence-electron chi connectivity index (χ2n) is 5.13. The van der Waals surface area contributed by atoms with Crippen molar-refractivity contribution in [2.24, 2.45) is 0 Å². The number of aliphatic hydroxyl groups is 1. The van der Waals surface area contributed by atoms with E-state index in [1.807, 2.05) is 36.6 Å². The van der Waals surface area contributed by atoms with E-state index in [-0.39, 0.29) is 24.8 Å². The maximum atomic E-state index is 12.3. The molecule has 0 fully saturated rings. The van der Waals surface area contributed by atoms with Crippen molar-refractivity contribution >= 4 is 29.7 Å². The number of hydrogen-bond acceptors (Lipinski definition) is 4. The van der Waals surface area contributed by atoms with Crippen LogP contribution < -0.4 is 10.6 Å². The fourth-order valence-corrected chi connectivity index (χ4v) is 2.48. The molecule has 25 heavy (non-hydrogen) atoms. The molecule has 3 N–H and O–H groups in total. The highest BCUT2D eigenvalue weighted by molar-refractivity contribution is 7.98. The van der Waals surface area contributed by atoms with Crippen LogP contribution in [0.2, 0.25) is 0 Å². The second-order valence-corrected chi connectivity index (χ2v) is 6.01. The van der Waals surface area contributed by atoms with Crippen LogP contribution in [0.5, 0.6) is 0 Å². The number of rotatable bonds is 7. The summed E-state index contributed by atoms with van der Waals surface area (Å²) in [6.07, 6.45) is 3.59. The van der Waals surface area contributed by atoms with Crippen LogP contribution in [0.25, 0.3) is 6.08 Å². The van der Waals surface area contributed by atoms with Crippen molar-refractivity contribution in [2.75, 3.05) is 19.4 Å². The van der Waals surface area contributed by atoms with E-state index in [1.54, 1.807) is 42.1 Å². The molecule has 0 saturated heterocycles. The molecule has 0 aliphatic rings. The topological polar surface area (TPSA) is 78.4 Å². The summed E-state index contributed by atoms with van der Waals surface area (Å²) in [6.45, 7) is -0.0587. The van der Waals surface area contributed by atoms with Gasteiger partial charge in [0, 0.05) is 17.0 Å². The number of benzene rings is 2. The number of nitrogens with one attached hydrogen (secondary N) is 2. The molecule has 130 valence electrons. The van der Waals surface area contributed by atoms with Crippen molar-refractivity contribution in [2.45, 2.75) is 4.90 Å². The summed E-state index contributed by atoms with van der Waals surface area (Å²) in [5.41, 5.74) is 1.38. The standard InChI is InChI=1S/C19H20N2O3S/c1-25-16-9-7-14(8-10-16)13-17(19(24)20-11-12-22)21-18(23)15-5-3-2-4-6-15/h2-10,13,22H,11-12H2,1H3,(H,20,24)(H,21,23). The van der Waals surface area contributed by atoms with Gasteiger partial charge in [0.05, 0.1) is 6.61 Å². The smallest absolute Gasteiger partial charge is 0.267 e. The summed E-state index contributed by atoms with van der Waals surface area (Å²) in [5.74, 6) is -0.820. The predicted molar refractivity (Wildman–Crippen MR) is 100 cm³/mol. The molecule has 0 unspecified atom stereocenters. The van der Waals surface area contributed by atoms with E-state index in [0.717, 1.165) is 10.5 Å².